The summed E-state index contributed by atoms with van der Waals surface area (Å²) in [6.07, 6.45) is 5.10. The Morgan fingerprint density at radius 1 is 1.26 bits per heavy atom. The van der Waals surface area contributed by atoms with Crippen LogP contribution in [0.25, 0.3) is 0 Å². The molecule has 19 heavy (non-hydrogen) atoms. The van der Waals surface area contributed by atoms with Crippen molar-refractivity contribution in [1.82, 2.24) is 4.90 Å². The van der Waals surface area contributed by atoms with Gasteiger partial charge in [0, 0.05) is 18.6 Å². The third-order valence-electron chi connectivity index (χ3n) is 3.60. The fraction of sp³-hybridized carbons (Fsp3) is 0.933. The van der Waals surface area contributed by atoms with Crippen LogP contribution in [0.2, 0.25) is 0 Å². The lowest BCUT2D eigenvalue weighted by Gasteiger charge is -2.36. The second-order valence-corrected chi connectivity index (χ2v) is 6.56. The van der Waals surface area contributed by atoms with Gasteiger partial charge in [0.2, 0.25) is 5.91 Å². The van der Waals surface area contributed by atoms with Crippen LogP contribution < -0.4 is 5.73 Å². The molecule has 0 radical (unpaired) electrons. The molecule has 0 spiro atoms. The van der Waals surface area contributed by atoms with Gasteiger partial charge in [-0.05, 0) is 52.9 Å². The minimum absolute atomic E-state index is 0.122. The van der Waals surface area contributed by atoms with Gasteiger partial charge in [-0.1, -0.05) is 6.92 Å². The fourth-order valence-electron chi connectivity index (χ4n) is 2.53. The lowest BCUT2D eigenvalue weighted by Crippen LogP contribution is -2.46. The van der Waals surface area contributed by atoms with Crippen molar-refractivity contribution >= 4 is 5.91 Å². The van der Waals surface area contributed by atoms with Crippen molar-refractivity contribution < 1.29 is 9.53 Å². The van der Waals surface area contributed by atoms with E-state index < -0.39 is 0 Å². The van der Waals surface area contributed by atoms with E-state index in [0.717, 1.165) is 38.6 Å². The zero-order valence-corrected chi connectivity index (χ0v) is 12.9. The van der Waals surface area contributed by atoms with E-state index in [1.165, 1.54) is 0 Å². The lowest BCUT2D eigenvalue weighted by molar-refractivity contribution is -0.144. The average Bonchev–Trinajstić information content (AvgIpc) is 2.33. The Morgan fingerprint density at radius 3 is 2.32 bits per heavy atom. The number of hydrogen-bond acceptors (Lipinski definition) is 3. The van der Waals surface area contributed by atoms with Crippen molar-refractivity contribution in [3.05, 3.63) is 0 Å². The first kappa shape index (κ1) is 16.4. The predicted octanol–water partition coefficient (Wildman–Crippen LogP) is 2.31. The Hall–Kier alpha value is -0.610. The molecule has 1 aliphatic rings. The second kappa shape index (κ2) is 7.25. The number of amides is 1. The monoisotopic (exact) mass is 270 g/mol. The molecule has 0 heterocycles. The van der Waals surface area contributed by atoms with Crippen LogP contribution in [0.15, 0.2) is 0 Å². The number of carbonyl (C=O) groups excluding carboxylic acids is 1. The number of hydrogen-bond donors (Lipinski definition) is 1. The molecular formula is C15H30N2O2. The first-order valence-corrected chi connectivity index (χ1v) is 7.52. The van der Waals surface area contributed by atoms with E-state index in [9.17, 15) is 4.79 Å². The number of ether oxygens (including phenoxy) is 1. The molecule has 0 atom stereocenters. The summed E-state index contributed by atoms with van der Waals surface area (Å²) in [5.74, 6) is 0.122. The highest BCUT2D eigenvalue weighted by molar-refractivity contribution is 5.77. The van der Waals surface area contributed by atoms with Crippen LogP contribution in [-0.4, -0.2) is 41.6 Å². The summed E-state index contributed by atoms with van der Waals surface area (Å²) in [7, 11) is 0. The van der Waals surface area contributed by atoms with Gasteiger partial charge in [-0.15, -0.1) is 0 Å². The molecule has 0 aromatic heterocycles. The number of rotatable bonds is 5. The first-order chi connectivity index (χ1) is 8.83. The summed E-state index contributed by atoms with van der Waals surface area (Å²) in [4.78, 5) is 14.3. The maximum atomic E-state index is 12.3. The van der Waals surface area contributed by atoms with Crippen LogP contribution in [0.4, 0.5) is 0 Å². The molecule has 1 saturated carbocycles. The third-order valence-corrected chi connectivity index (χ3v) is 3.60. The fourth-order valence-corrected chi connectivity index (χ4v) is 2.53. The molecule has 0 aromatic rings. The second-order valence-electron chi connectivity index (χ2n) is 6.56. The van der Waals surface area contributed by atoms with Crippen LogP contribution in [0.1, 0.15) is 59.8 Å². The summed E-state index contributed by atoms with van der Waals surface area (Å²) < 4.78 is 5.61. The van der Waals surface area contributed by atoms with Gasteiger partial charge in [0.05, 0.1) is 5.60 Å². The number of carbonyl (C=O) groups is 1. The van der Waals surface area contributed by atoms with Gasteiger partial charge >= 0.3 is 0 Å². The SMILES string of the molecule is CCCN(C(=O)COC(C)(C)C)C1CCC(N)CC1. The maximum Gasteiger partial charge on any atom is 0.248 e. The molecule has 0 bridgehead atoms. The van der Waals surface area contributed by atoms with Crippen LogP contribution in [0, 0.1) is 0 Å². The molecular weight excluding hydrogens is 240 g/mol. The standard InChI is InChI=1S/C15H30N2O2/c1-5-10-17(13-8-6-12(16)7-9-13)14(18)11-19-15(2,3)4/h12-13H,5-11,16H2,1-4H3. The number of nitrogens with two attached hydrogens (primary N) is 1. The van der Waals surface area contributed by atoms with Gasteiger partial charge in [-0.3, -0.25) is 4.79 Å². The van der Waals surface area contributed by atoms with E-state index in [-0.39, 0.29) is 18.1 Å². The molecule has 1 aliphatic carbocycles. The van der Waals surface area contributed by atoms with Gasteiger partial charge in [-0.25, -0.2) is 0 Å². The largest absolute Gasteiger partial charge is 0.366 e. The summed E-state index contributed by atoms with van der Waals surface area (Å²) >= 11 is 0. The van der Waals surface area contributed by atoms with Gasteiger partial charge in [-0.2, -0.15) is 0 Å². The summed E-state index contributed by atoms with van der Waals surface area (Å²) in [6.45, 7) is 9.05. The highest BCUT2D eigenvalue weighted by atomic mass is 16.5. The van der Waals surface area contributed by atoms with Crippen molar-refractivity contribution in [2.45, 2.75) is 77.5 Å². The van der Waals surface area contributed by atoms with Gasteiger partial charge in [0.15, 0.2) is 0 Å². The molecule has 2 N–H and O–H groups in total. The highest BCUT2D eigenvalue weighted by Gasteiger charge is 2.27. The quantitative estimate of drug-likeness (QED) is 0.834. The van der Waals surface area contributed by atoms with Gasteiger partial charge in [0.1, 0.15) is 6.61 Å². The molecule has 4 heteroatoms. The molecule has 1 amide bonds. The topological polar surface area (TPSA) is 55.6 Å². The molecule has 0 aromatic carbocycles. The zero-order chi connectivity index (χ0) is 14.5. The Kier molecular flexibility index (Phi) is 6.27. The predicted molar refractivity (Wildman–Crippen MR) is 77.9 cm³/mol. The van der Waals surface area contributed by atoms with Crippen LogP contribution in [-0.2, 0) is 9.53 Å². The Balaban J connectivity index is 2.53. The van der Waals surface area contributed by atoms with Crippen molar-refractivity contribution in [3.63, 3.8) is 0 Å². The van der Waals surface area contributed by atoms with Crippen LogP contribution in [0.5, 0.6) is 0 Å². The van der Waals surface area contributed by atoms with E-state index in [1.54, 1.807) is 0 Å². The Bertz CT molecular complexity index is 278. The van der Waals surface area contributed by atoms with Crippen molar-refractivity contribution in [1.29, 1.82) is 0 Å². The van der Waals surface area contributed by atoms with Gasteiger partial charge in [0.25, 0.3) is 0 Å². The average molecular weight is 270 g/mol. The normalized spacial score (nSPS) is 24.3. The maximum absolute atomic E-state index is 12.3. The van der Waals surface area contributed by atoms with E-state index in [2.05, 4.69) is 6.92 Å². The van der Waals surface area contributed by atoms with Crippen molar-refractivity contribution in [2.24, 2.45) is 5.73 Å². The molecule has 0 saturated heterocycles. The molecule has 0 unspecified atom stereocenters. The third kappa shape index (κ3) is 5.91. The van der Waals surface area contributed by atoms with E-state index in [4.69, 9.17) is 10.5 Å². The minimum atomic E-state index is -0.261. The first-order valence-electron chi connectivity index (χ1n) is 7.52. The van der Waals surface area contributed by atoms with Crippen molar-refractivity contribution in [2.75, 3.05) is 13.2 Å². The molecule has 112 valence electrons. The van der Waals surface area contributed by atoms with Crippen LogP contribution in [0.3, 0.4) is 0 Å². The summed E-state index contributed by atoms with van der Waals surface area (Å²) in [5, 5.41) is 0. The smallest absolute Gasteiger partial charge is 0.248 e. The molecule has 1 fully saturated rings. The summed E-state index contributed by atoms with van der Waals surface area (Å²) in [6, 6.07) is 0.677. The summed E-state index contributed by atoms with van der Waals surface area (Å²) in [5.41, 5.74) is 5.67. The van der Waals surface area contributed by atoms with Crippen LogP contribution >= 0.6 is 0 Å². The number of nitrogens with zero attached hydrogens (tertiary/aromatic N) is 1. The van der Waals surface area contributed by atoms with E-state index >= 15 is 0 Å². The minimum Gasteiger partial charge on any atom is -0.366 e. The van der Waals surface area contributed by atoms with E-state index in [0.29, 0.717) is 12.1 Å². The van der Waals surface area contributed by atoms with E-state index in [1.807, 2.05) is 25.7 Å². The Morgan fingerprint density at radius 2 is 1.84 bits per heavy atom. The van der Waals surface area contributed by atoms with Crippen molar-refractivity contribution in [3.8, 4) is 0 Å². The Labute approximate surface area is 117 Å². The molecule has 4 nitrogen and oxygen atoms in total. The lowest BCUT2D eigenvalue weighted by atomic mass is 9.90. The zero-order valence-electron chi connectivity index (χ0n) is 12.9. The van der Waals surface area contributed by atoms with Gasteiger partial charge < -0.3 is 15.4 Å². The molecule has 0 aliphatic heterocycles. The highest BCUT2D eigenvalue weighted by Crippen LogP contribution is 2.23. The molecule has 1 rings (SSSR count).